The van der Waals surface area contributed by atoms with E-state index in [4.69, 9.17) is 4.18 Å². The summed E-state index contributed by atoms with van der Waals surface area (Å²) < 4.78 is 98.7. The van der Waals surface area contributed by atoms with Crippen molar-refractivity contribution in [2.75, 3.05) is 0 Å². The molecule has 3 aromatic rings. The second-order valence-electron chi connectivity index (χ2n) is 6.27. The second kappa shape index (κ2) is 7.66. The summed E-state index contributed by atoms with van der Waals surface area (Å²) >= 11 is 0. The van der Waals surface area contributed by atoms with E-state index in [0.717, 1.165) is 36.4 Å². The number of benzene rings is 3. The fourth-order valence-corrected chi connectivity index (χ4v) is 24.3. The van der Waals surface area contributed by atoms with Crippen LogP contribution in [0.3, 0.4) is 0 Å². The van der Waals surface area contributed by atoms with Gasteiger partial charge in [0.25, 0.3) is 0 Å². The standard InChI is InChI=1S/C18H17O9PS3/c19-29(20,21)28(30(22,23)24,17-12-6-2-7-13-17,18-14-8-3-9-15-18)31(25,26)27-16-10-4-1-5-11-16/h1-15H,(H,19,20,21)(H,22,23,24). The van der Waals surface area contributed by atoms with E-state index < -0.39 is 49.8 Å². The normalized spacial score (nSPS) is 14.3. The van der Waals surface area contributed by atoms with Crippen LogP contribution in [0.15, 0.2) is 91.0 Å². The van der Waals surface area contributed by atoms with Crippen LogP contribution in [0, 0.1) is 0 Å². The Bertz CT molecular complexity index is 1330. The van der Waals surface area contributed by atoms with Crippen LogP contribution in [-0.4, -0.2) is 34.4 Å². The van der Waals surface area contributed by atoms with E-state index in [2.05, 4.69) is 0 Å². The maximum atomic E-state index is 13.8. The van der Waals surface area contributed by atoms with Crippen LogP contribution in [0.1, 0.15) is 0 Å². The van der Waals surface area contributed by atoms with Crippen molar-refractivity contribution in [1.82, 2.24) is 0 Å². The summed E-state index contributed by atoms with van der Waals surface area (Å²) in [4.78, 5) is 0. The molecule has 0 saturated carbocycles. The van der Waals surface area contributed by atoms with E-state index in [9.17, 15) is 34.4 Å². The molecule has 31 heavy (non-hydrogen) atoms. The first kappa shape index (κ1) is 23.3. The van der Waals surface area contributed by atoms with Gasteiger partial charge in [0.05, 0.1) is 0 Å². The predicted molar refractivity (Wildman–Crippen MR) is 118 cm³/mol. The Morgan fingerprint density at radius 1 is 0.548 bits per heavy atom. The Labute approximate surface area is 179 Å². The maximum absolute atomic E-state index is 13.8. The number of hydrogen-bond acceptors (Lipinski definition) is 7. The molecule has 166 valence electrons. The molecule has 0 amide bonds. The minimum atomic E-state index is -7.14. The van der Waals surface area contributed by atoms with Gasteiger partial charge in [0.1, 0.15) is 0 Å². The summed E-state index contributed by atoms with van der Waals surface area (Å²) in [7, 11) is -18.2. The first-order valence-electron chi connectivity index (χ1n) is 8.46. The van der Waals surface area contributed by atoms with Gasteiger partial charge in [0.2, 0.25) is 0 Å². The van der Waals surface area contributed by atoms with Crippen LogP contribution in [0.4, 0.5) is 0 Å². The molecule has 9 nitrogen and oxygen atoms in total. The van der Waals surface area contributed by atoms with Crippen molar-refractivity contribution in [2.24, 2.45) is 0 Å². The van der Waals surface area contributed by atoms with Crippen LogP contribution in [0.25, 0.3) is 0 Å². The van der Waals surface area contributed by atoms with Gasteiger partial charge in [-0.25, -0.2) is 0 Å². The molecular formula is C18H17O9PS3. The van der Waals surface area contributed by atoms with Crippen LogP contribution in [0.5, 0.6) is 5.75 Å². The van der Waals surface area contributed by atoms with Crippen molar-refractivity contribution in [3.63, 3.8) is 0 Å². The van der Waals surface area contributed by atoms with E-state index in [1.54, 1.807) is 0 Å². The first-order chi connectivity index (χ1) is 14.4. The van der Waals surface area contributed by atoms with E-state index in [1.165, 1.54) is 54.6 Å². The van der Waals surface area contributed by atoms with Gasteiger partial charge in [0.15, 0.2) is 0 Å². The summed E-state index contributed by atoms with van der Waals surface area (Å²) in [5.74, 6) is -0.421. The Morgan fingerprint density at radius 3 is 1.19 bits per heavy atom. The van der Waals surface area contributed by atoms with E-state index in [-0.39, 0.29) is 0 Å². The van der Waals surface area contributed by atoms with Gasteiger partial charge in [0, 0.05) is 0 Å². The topological polar surface area (TPSA) is 152 Å². The monoisotopic (exact) mass is 504 g/mol. The molecule has 13 heteroatoms. The second-order valence-corrected chi connectivity index (χ2v) is 24.6. The molecular weight excluding hydrogens is 487 g/mol. The molecule has 0 aliphatic rings. The van der Waals surface area contributed by atoms with E-state index in [0.29, 0.717) is 0 Å². The zero-order valence-corrected chi connectivity index (χ0v) is 18.9. The SMILES string of the molecule is O=S(=O)(O)P(c1ccccc1)(c1ccccc1)(S(=O)(=O)O)S(=O)(=O)Oc1ccccc1. The molecule has 3 aromatic carbocycles. The first-order valence-corrected chi connectivity index (χ1v) is 16.8. The molecule has 0 atom stereocenters. The van der Waals surface area contributed by atoms with Gasteiger partial charge in [-0.1, -0.05) is 0 Å². The third kappa shape index (κ3) is 2.94. The van der Waals surface area contributed by atoms with Crippen LogP contribution in [-0.2, 0) is 29.2 Å². The Kier molecular flexibility index (Phi) is 5.76. The summed E-state index contributed by atoms with van der Waals surface area (Å²) in [6.45, 7) is 0. The van der Waals surface area contributed by atoms with Crippen molar-refractivity contribution in [1.29, 1.82) is 0 Å². The van der Waals surface area contributed by atoms with Gasteiger partial charge in [-0.3, -0.25) is 0 Å². The van der Waals surface area contributed by atoms with E-state index >= 15 is 0 Å². The summed E-state index contributed by atoms with van der Waals surface area (Å²) in [6.07, 6.45) is 0. The zero-order valence-electron chi connectivity index (χ0n) is 15.6. The van der Waals surface area contributed by atoms with Gasteiger partial charge >= 0.3 is 179 Å². The Morgan fingerprint density at radius 2 is 0.871 bits per heavy atom. The number of rotatable bonds is 7. The molecule has 0 unspecified atom stereocenters. The number of para-hydroxylation sites is 1. The average Bonchev–Trinajstić information content (AvgIpc) is 2.68. The van der Waals surface area contributed by atoms with Crippen molar-refractivity contribution < 1.29 is 38.5 Å². The average molecular weight is 505 g/mol. The molecule has 0 heterocycles. The van der Waals surface area contributed by atoms with Gasteiger partial charge < -0.3 is 0 Å². The van der Waals surface area contributed by atoms with Gasteiger partial charge in [-0.15, -0.1) is 0 Å². The molecule has 0 aliphatic heterocycles. The zero-order chi connectivity index (χ0) is 23.0. The summed E-state index contributed by atoms with van der Waals surface area (Å²) in [5, 5.41) is -1.72. The predicted octanol–water partition coefficient (Wildman–Crippen LogP) is 2.12. The van der Waals surface area contributed by atoms with Crippen molar-refractivity contribution in [2.45, 2.75) is 0 Å². The Hall–Kier alpha value is -2.34. The molecule has 0 radical (unpaired) electrons. The third-order valence-electron chi connectivity index (χ3n) is 4.59. The molecule has 0 saturated heterocycles. The van der Waals surface area contributed by atoms with Crippen molar-refractivity contribution in [3.05, 3.63) is 91.0 Å². The van der Waals surface area contributed by atoms with Crippen molar-refractivity contribution >= 4 is 44.0 Å². The van der Waals surface area contributed by atoms with Gasteiger partial charge in [-0.05, 0) is 0 Å². The molecule has 3 rings (SSSR count). The summed E-state index contributed by atoms with van der Waals surface area (Å²) in [5.41, 5.74) is 0. The fourth-order valence-electron chi connectivity index (χ4n) is 3.33. The third-order valence-corrected chi connectivity index (χ3v) is 31.4. The van der Waals surface area contributed by atoms with E-state index in [1.807, 2.05) is 0 Å². The molecule has 0 fully saturated rings. The number of hydrogen-bond donors (Lipinski definition) is 2. The molecule has 0 bridgehead atoms. The minimum absolute atomic E-state index is 0.421. The van der Waals surface area contributed by atoms with Crippen molar-refractivity contribution in [3.8, 4) is 5.75 Å². The molecule has 0 aromatic heterocycles. The molecule has 2 N–H and O–H groups in total. The molecule has 0 spiro atoms. The summed E-state index contributed by atoms with van der Waals surface area (Å²) in [6, 6.07) is 17.5. The van der Waals surface area contributed by atoms with Gasteiger partial charge in [-0.2, -0.15) is 0 Å². The van der Waals surface area contributed by atoms with Crippen LogP contribution in [0.2, 0.25) is 0 Å². The van der Waals surface area contributed by atoms with Crippen LogP contribution < -0.4 is 14.8 Å². The molecule has 0 aliphatic carbocycles. The van der Waals surface area contributed by atoms with Crippen LogP contribution >= 0.6 is 4.21 Å². The quantitative estimate of drug-likeness (QED) is 0.364. The Balaban J connectivity index is 2.71. The fraction of sp³-hybridized carbons (Fsp3) is 0.